The number of primary sulfonamides is 1. The van der Waals surface area contributed by atoms with Crippen molar-refractivity contribution >= 4 is 38.2 Å². The molecule has 10 nitrogen and oxygen atoms in total. The van der Waals surface area contributed by atoms with Crippen molar-refractivity contribution in [1.29, 1.82) is 0 Å². The molecule has 0 saturated heterocycles. The van der Waals surface area contributed by atoms with Gasteiger partial charge in [0.05, 0.1) is 11.1 Å². The lowest BCUT2D eigenvalue weighted by Crippen LogP contribution is -2.19. The molecule has 34 heavy (non-hydrogen) atoms. The third kappa shape index (κ3) is 3.97. The number of nitrogens with zero attached hydrogens (tertiary/aromatic N) is 2. The first kappa shape index (κ1) is 23.6. The molecule has 0 radical (unpaired) electrons. The molecule has 4 N–H and O–H groups in total. The second-order valence-corrected chi connectivity index (χ2v) is 10.4. The van der Waals surface area contributed by atoms with Gasteiger partial charge in [0.1, 0.15) is 21.2 Å². The van der Waals surface area contributed by atoms with Gasteiger partial charge in [0.2, 0.25) is 15.9 Å². The molecule has 0 unspecified atom stereocenters. The second kappa shape index (κ2) is 8.34. The van der Waals surface area contributed by atoms with Gasteiger partial charge < -0.3 is 19.6 Å². The van der Waals surface area contributed by atoms with Crippen LogP contribution in [0.15, 0.2) is 33.5 Å². The van der Waals surface area contributed by atoms with Gasteiger partial charge in [-0.25, -0.2) is 22.9 Å². The topological polar surface area (TPSA) is 149 Å². The molecule has 0 bridgehead atoms. The zero-order valence-electron chi connectivity index (χ0n) is 18.5. The Morgan fingerprint density at radius 1 is 1.32 bits per heavy atom. The van der Waals surface area contributed by atoms with E-state index in [1.165, 1.54) is 43.9 Å². The molecule has 0 saturated carbocycles. The van der Waals surface area contributed by atoms with Gasteiger partial charge >= 0.3 is 0 Å². The van der Waals surface area contributed by atoms with Gasteiger partial charge in [0.25, 0.3) is 11.5 Å². The highest BCUT2D eigenvalue weighted by Gasteiger charge is 2.28. The normalized spacial score (nSPS) is 11.7. The zero-order valence-corrected chi connectivity index (χ0v) is 20.1. The minimum Gasteiger partial charge on any atom is -0.437 e. The number of hydrogen-bond acceptors (Lipinski definition) is 7. The molecular weight excluding hydrogens is 485 g/mol. The van der Waals surface area contributed by atoms with Crippen molar-refractivity contribution < 1.29 is 22.3 Å². The van der Waals surface area contributed by atoms with Crippen molar-refractivity contribution in [2.24, 2.45) is 12.2 Å². The highest BCUT2D eigenvalue weighted by atomic mass is 32.2. The first-order valence-corrected chi connectivity index (χ1v) is 12.2. The summed E-state index contributed by atoms with van der Waals surface area (Å²) in [6, 6.07) is 2.73. The zero-order chi connectivity index (χ0) is 24.9. The van der Waals surface area contributed by atoms with Crippen LogP contribution in [0.1, 0.15) is 21.6 Å². The maximum absolute atomic E-state index is 13.5. The second-order valence-electron chi connectivity index (χ2n) is 7.61. The standard InChI is InChI=1S/C21H20FN5O5S2/c1-9-5-11(22)7-25-19(9)32-16-10(2)21(34(23,30)31)33-17(16)13-8-27(4)20(29)15-12(13)6-14(26-15)18(28)24-3/h5-8,26H,1-4H3,(H,24,28)(H2,23,30,31). The molecule has 178 valence electrons. The Labute approximate surface area is 197 Å². The van der Waals surface area contributed by atoms with Crippen LogP contribution in [0.4, 0.5) is 4.39 Å². The summed E-state index contributed by atoms with van der Waals surface area (Å²) in [4.78, 5) is 32.0. The van der Waals surface area contributed by atoms with Crippen molar-refractivity contribution in [2.45, 2.75) is 18.1 Å². The number of thiophene rings is 1. The van der Waals surface area contributed by atoms with Crippen LogP contribution in [0, 0.1) is 19.7 Å². The van der Waals surface area contributed by atoms with Gasteiger partial charge in [0, 0.05) is 42.4 Å². The monoisotopic (exact) mass is 505 g/mol. The van der Waals surface area contributed by atoms with E-state index in [1.54, 1.807) is 6.92 Å². The molecule has 1 amide bonds. The summed E-state index contributed by atoms with van der Waals surface area (Å²) >= 11 is 0.858. The maximum atomic E-state index is 13.5. The van der Waals surface area contributed by atoms with E-state index < -0.39 is 21.7 Å². The van der Waals surface area contributed by atoms with E-state index in [4.69, 9.17) is 9.88 Å². The van der Waals surface area contributed by atoms with Crippen molar-refractivity contribution in [3.8, 4) is 22.1 Å². The number of amides is 1. The van der Waals surface area contributed by atoms with Crippen LogP contribution < -0.4 is 20.8 Å². The lowest BCUT2D eigenvalue weighted by atomic mass is 10.1. The molecule has 0 aliphatic heterocycles. The van der Waals surface area contributed by atoms with Crippen molar-refractivity contribution in [3.63, 3.8) is 0 Å². The number of sulfonamides is 1. The molecule has 0 aliphatic carbocycles. The van der Waals surface area contributed by atoms with Crippen molar-refractivity contribution in [1.82, 2.24) is 19.9 Å². The average Bonchev–Trinajstić information content (AvgIpc) is 3.34. The van der Waals surface area contributed by atoms with Crippen LogP contribution in [-0.2, 0) is 17.1 Å². The number of nitrogens with one attached hydrogen (secondary N) is 2. The lowest BCUT2D eigenvalue weighted by molar-refractivity contribution is 0.0959. The Hall–Kier alpha value is -3.55. The summed E-state index contributed by atoms with van der Waals surface area (Å²) in [5, 5.41) is 8.31. The number of rotatable bonds is 5. The molecule has 4 aromatic heterocycles. The Kier molecular flexibility index (Phi) is 5.79. The first-order chi connectivity index (χ1) is 15.9. The van der Waals surface area contributed by atoms with Gasteiger partial charge in [-0.15, -0.1) is 11.3 Å². The molecule has 0 atom stereocenters. The summed E-state index contributed by atoms with van der Waals surface area (Å²) in [6.45, 7) is 3.12. The third-order valence-electron chi connectivity index (χ3n) is 5.18. The minimum absolute atomic E-state index is 0.0747. The fourth-order valence-electron chi connectivity index (χ4n) is 3.55. The quantitative estimate of drug-likeness (QED) is 0.379. The SMILES string of the molecule is CNC(=O)c1cc2c(-c3sc(S(N)(=O)=O)c(C)c3Oc3ncc(F)cc3C)cn(C)c(=O)c2[nH]1. The number of aryl methyl sites for hydroxylation is 2. The number of pyridine rings is 2. The Morgan fingerprint density at radius 2 is 2.03 bits per heavy atom. The molecule has 4 aromatic rings. The van der Waals surface area contributed by atoms with Crippen molar-refractivity contribution in [2.75, 3.05) is 7.05 Å². The van der Waals surface area contributed by atoms with E-state index in [2.05, 4.69) is 15.3 Å². The smallest absolute Gasteiger partial charge is 0.274 e. The lowest BCUT2D eigenvalue weighted by Gasteiger charge is -2.11. The largest absolute Gasteiger partial charge is 0.437 e. The van der Waals surface area contributed by atoms with Gasteiger partial charge in [-0.3, -0.25) is 9.59 Å². The Morgan fingerprint density at radius 3 is 2.65 bits per heavy atom. The number of carbonyl (C=O) groups excluding carboxylic acids is 1. The summed E-state index contributed by atoms with van der Waals surface area (Å²) in [7, 11) is -1.14. The van der Waals surface area contributed by atoms with E-state index in [0.29, 0.717) is 21.4 Å². The predicted molar refractivity (Wildman–Crippen MR) is 125 cm³/mol. The molecule has 0 aliphatic rings. The average molecular weight is 506 g/mol. The van der Waals surface area contributed by atoms with Crippen LogP contribution in [0.25, 0.3) is 21.3 Å². The predicted octanol–water partition coefficient (Wildman–Crippen LogP) is 2.55. The fraction of sp³-hybridized carbons (Fsp3) is 0.190. The third-order valence-corrected chi connectivity index (χ3v) is 8.05. The van der Waals surface area contributed by atoms with E-state index in [1.807, 2.05) is 0 Å². The van der Waals surface area contributed by atoms with Gasteiger partial charge in [-0.2, -0.15) is 0 Å². The molecule has 0 fully saturated rings. The van der Waals surface area contributed by atoms with Crippen LogP contribution >= 0.6 is 11.3 Å². The summed E-state index contributed by atoms with van der Waals surface area (Å²) in [5.41, 5.74) is 0.984. The highest BCUT2D eigenvalue weighted by molar-refractivity contribution is 7.91. The molecule has 0 aromatic carbocycles. The number of hydrogen-bond donors (Lipinski definition) is 3. The molecule has 0 spiro atoms. The minimum atomic E-state index is -4.12. The van der Waals surface area contributed by atoms with E-state index in [0.717, 1.165) is 17.5 Å². The maximum Gasteiger partial charge on any atom is 0.274 e. The first-order valence-electron chi connectivity index (χ1n) is 9.83. The molecule has 4 heterocycles. The number of halogens is 1. The van der Waals surface area contributed by atoms with Gasteiger partial charge in [0.15, 0.2) is 5.75 Å². The van der Waals surface area contributed by atoms with E-state index in [-0.39, 0.29) is 38.2 Å². The van der Waals surface area contributed by atoms with Crippen LogP contribution in [0.3, 0.4) is 0 Å². The number of fused-ring (bicyclic) bond motifs is 1. The molecule has 13 heteroatoms. The number of carbonyl (C=O) groups is 1. The summed E-state index contributed by atoms with van der Waals surface area (Å²) in [5.74, 6) is -0.768. The Bertz CT molecular complexity index is 1640. The summed E-state index contributed by atoms with van der Waals surface area (Å²) < 4.78 is 45.3. The number of nitrogens with two attached hydrogens (primary N) is 1. The van der Waals surface area contributed by atoms with E-state index in [9.17, 15) is 22.4 Å². The van der Waals surface area contributed by atoms with E-state index >= 15 is 0 Å². The van der Waals surface area contributed by atoms with Crippen LogP contribution in [0.5, 0.6) is 11.6 Å². The number of aromatic amines is 1. The van der Waals surface area contributed by atoms with Gasteiger partial charge in [-0.05, 0) is 26.0 Å². The van der Waals surface area contributed by atoms with Crippen LogP contribution in [0.2, 0.25) is 0 Å². The molecule has 4 rings (SSSR count). The van der Waals surface area contributed by atoms with Gasteiger partial charge in [-0.1, -0.05) is 0 Å². The summed E-state index contributed by atoms with van der Waals surface area (Å²) in [6.07, 6.45) is 2.50. The number of aromatic nitrogens is 3. The number of ether oxygens (including phenoxy) is 1. The molecular formula is C21H20FN5O5S2. The fourth-order valence-corrected chi connectivity index (χ4v) is 5.78. The number of H-pyrrole nitrogens is 1. The highest BCUT2D eigenvalue weighted by Crippen LogP contribution is 2.47. The Balaban J connectivity index is 2.04. The van der Waals surface area contributed by atoms with Crippen molar-refractivity contribution in [3.05, 3.63) is 57.5 Å². The van der Waals surface area contributed by atoms with Crippen LogP contribution in [-0.4, -0.2) is 35.9 Å².